The van der Waals surface area contributed by atoms with Crippen LogP contribution in [0.25, 0.3) is 0 Å². The van der Waals surface area contributed by atoms with Crippen molar-refractivity contribution in [3.8, 4) is 5.75 Å². The minimum Gasteiger partial charge on any atom is -0.487 e. The smallest absolute Gasteiger partial charge is 0.232 e. The molecule has 0 unspecified atom stereocenters. The first-order valence-corrected chi connectivity index (χ1v) is 9.05. The Morgan fingerprint density at radius 3 is 2.48 bits per heavy atom. The van der Waals surface area contributed by atoms with Gasteiger partial charge >= 0.3 is 0 Å². The van der Waals surface area contributed by atoms with Gasteiger partial charge in [0.15, 0.2) is 0 Å². The summed E-state index contributed by atoms with van der Waals surface area (Å²) in [5, 5.41) is 0. The van der Waals surface area contributed by atoms with Gasteiger partial charge < -0.3 is 10.5 Å². The second kappa shape index (κ2) is 6.50. The maximum absolute atomic E-state index is 11.8. The zero-order valence-electron chi connectivity index (χ0n) is 13.8. The van der Waals surface area contributed by atoms with E-state index in [0.29, 0.717) is 23.7 Å². The molecule has 0 fully saturated rings. The predicted octanol–water partition coefficient (Wildman–Crippen LogP) is 2.86. The molecule has 2 aromatic carbocycles. The predicted molar refractivity (Wildman–Crippen MR) is 94.3 cm³/mol. The lowest BCUT2D eigenvalue weighted by Crippen LogP contribution is -2.25. The van der Waals surface area contributed by atoms with Crippen molar-refractivity contribution in [1.29, 1.82) is 0 Å². The molecule has 0 spiro atoms. The highest BCUT2D eigenvalue weighted by molar-refractivity contribution is 7.92. The van der Waals surface area contributed by atoms with Gasteiger partial charge in [-0.3, -0.25) is 4.31 Å². The Labute approximate surface area is 137 Å². The summed E-state index contributed by atoms with van der Waals surface area (Å²) in [5.41, 5.74) is 10.1. The molecule has 0 aliphatic rings. The van der Waals surface area contributed by atoms with E-state index in [4.69, 9.17) is 10.5 Å². The lowest BCUT2D eigenvalue weighted by atomic mass is 10.1. The van der Waals surface area contributed by atoms with E-state index in [2.05, 4.69) is 6.07 Å². The molecular formula is C17H22N2O3S. The molecule has 0 atom stereocenters. The van der Waals surface area contributed by atoms with Gasteiger partial charge in [0.2, 0.25) is 10.0 Å². The van der Waals surface area contributed by atoms with Crippen LogP contribution in [0.5, 0.6) is 5.75 Å². The van der Waals surface area contributed by atoms with Gasteiger partial charge in [0.25, 0.3) is 0 Å². The third-order valence-corrected chi connectivity index (χ3v) is 4.90. The van der Waals surface area contributed by atoms with Gasteiger partial charge in [-0.1, -0.05) is 23.8 Å². The first-order chi connectivity index (χ1) is 10.7. The summed E-state index contributed by atoms with van der Waals surface area (Å²) >= 11 is 0. The maximum atomic E-state index is 11.8. The molecular weight excluding hydrogens is 312 g/mol. The number of sulfonamides is 1. The second-order valence-electron chi connectivity index (χ2n) is 5.68. The molecule has 0 aromatic heterocycles. The third-order valence-electron chi connectivity index (χ3n) is 3.71. The Balaban J connectivity index is 2.32. The van der Waals surface area contributed by atoms with Crippen LogP contribution in [0.1, 0.15) is 16.7 Å². The molecule has 0 heterocycles. The lowest BCUT2D eigenvalue weighted by Gasteiger charge is -2.21. The van der Waals surface area contributed by atoms with Gasteiger partial charge in [0, 0.05) is 18.8 Å². The van der Waals surface area contributed by atoms with Crippen LogP contribution in [0.15, 0.2) is 36.4 Å². The largest absolute Gasteiger partial charge is 0.487 e. The standard InChI is InChI=1S/C17H22N2O3S/c1-12-5-6-13(2)14(9-12)11-22-17-10-15(18)7-8-16(17)19(3)23(4,20)21/h5-10H,11,18H2,1-4H3. The molecule has 0 saturated heterocycles. The van der Waals surface area contributed by atoms with Crippen LogP contribution in [0, 0.1) is 13.8 Å². The summed E-state index contributed by atoms with van der Waals surface area (Å²) in [7, 11) is -1.88. The zero-order chi connectivity index (χ0) is 17.2. The molecule has 6 heteroatoms. The zero-order valence-corrected chi connectivity index (χ0v) is 14.6. The molecule has 0 aliphatic carbocycles. The van der Waals surface area contributed by atoms with Crippen molar-refractivity contribution < 1.29 is 13.2 Å². The van der Waals surface area contributed by atoms with E-state index in [9.17, 15) is 8.42 Å². The minimum absolute atomic E-state index is 0.349. The first kappa shape index (κ1) is 17.1. The molecule has 0 saturated carbocycles. The van der Waals surface area contributed by atoms with Crippen LogP contribution in [0.3, 0.4) is 0 Å². The number of hydrogen-bond acceptors (Lipinski definition) is 4. The number of hydrogen-bond donors (Lipinski definition) is 1. The highest BCUT2D eigenvalue weighted by Crippen LogP contribution is 2.32. The summed E-state index contributed by atoms with van der Waals surface area (Å²) in [5.74, 6) is 0.443. The fraction of sp³-hybridized carbons (Fsp3) is 0.294. The van der Waals surface area contributed by atoms with Crippen molar-refractivity contribution in [2.24, 2.45) is 0 Å². The fourth-order valence-electron chi connectivity index (χ4n) is 2.20. The van der Waals surface area contributed by atoms with Crippen LogP contribution in [-0.2, 0) is 16.6 Å². The van der Waals surface area contributed by atoms with E-state index < -0.39 is 10.0 Å². The molecule has 0 bridgehead atoms. The summed E-state index contributed by atoms with van der Waals surface area (Å²) in [6.45, 7) is 4.38. The number of rotatable bonds is 5. The van der Waals surface area contributed by atoms with Crippen molar-refractivity contribution in [3.63, 3.8) is 0 Å². The summed E-state index contributed by atoms with van der Waals surface area (Å²) in [4.78, 5) is 0. The van der Waals surface area contributed by atoms with Crippen LogP contribution >= 0.6 is 0 Å². The van der Waals surface area contributed by atoms with Gasteiger partial charge in [0.05, 0.1) is 11.9 Å². The van der Waals surface area contributed by atoms with E-state index in [1.54, 1.807) is 18.2 Å². The van der Waals surface area contributed by atoms with Crippen molar-refractivity contribution >= 4 is 21.4 Å². The van der Waals surface area contributed by atoms with Crippen molar-refractivity contribution in [1.82, 2.24) is 0 Å². The Bertz CT molecular complexity index is 817. The van der Waals surface area contributed by atoms with Crippen LogP contribution < -0.4 is 14.8 Å². The van der Waals surface area contributed by atoms with E-state index in [1.165, 1.54) is 11.4 Å². The Morgan fingerprint density at radius 1 is 1.13 bits per heavy atom. The average molecular weight is 334 g/mol. The van der Waals surface area contributed by atoms with Crippen molar-refractivity contribution in [2.75, 3.05) is 23.3 Å². The SMILES string of the molecule is Cc1ccc(C)c(COc2cc(N)ccc2N(C)S(C)(=O)=O)c1. The Hall–Kier alpha value is -2.21. The normalized spacial score (nSPS) is 11.3. The molecule has 2 aromatic rings. The van der Waals surface area contributed by atoms with Crippen LogP contribution in [0.2, 0.25) is 0 Å². The van der Waals surface area contributed by atoms with Gasteiger partial charge in [-0.2, -0.15) is 0 Å². The molecule has 23 heavy (non-hydrogen) atoms. The molecule has 2 N–H and O–H groups in total. The van der Waals surface area contributed by atoms with Gasteiger partial charge in [-0.15, -0.1) is 0 Å². The van der Waals surface area contributed by atoms with E-state index in [-0.39, 0.29) is 0 Å². The maximum Gasteiger partial charge on any atom is 0.232 e. The number of benzene rings is 2. The van der Waals surface area contributed by atoms with E-state index in [0.717, 1.165) is 22.9 Å². The minimum atomic E-state index is -3.38. The van der Waals surface area contributed by atoms with Gasteiger partial charge in [-0.25, -0.2) is 8.42 Å². The second-order valence-corrected chi connectivity index (χ2v) is 7.69. The molecule has 2 rings (SSSR count). The van der Waals surface area contributed by atoms with Gasteiger partial charge in [0.1, 0.15) is 12.4 Å². The van der Waals surface area contributed by atoms with Crippen LogP contribution in [-0.4, -0.2) is 21.7 Å². The molecule has 0 amide bonds. The number of nitrogen functional groups attached to an aromatic ring is 1. The first-order valence-electron chi connectivity index (χ1n) is 7.21. The molecule has 0 aliphatic heterocycles. The Morgan fingerprint density at radius 2 is 1.83 bits per heavy atom. The number of nitrogens with two attached hydrogens (primary N) is 1. The van der Waals surface area contributed by atoms with Crippen molar-refractivity contribution in [3.05, 3.63) is 53.1 Å². The molecule has 124 valence electrons. The molecule has 5 nitrogen and oxygen atoms in total. The van der Waals surface area contributed by atoms with Gasteiger partial charge in [-0.05, 0) is 37.1 Å². The van der Waals surface area contributed by atoms with E-state index >= 15 is 0 Å². The number of anilines is 2. The topological polar surface area (TPSA) is 72.6 Å². The van der Waals surface area contributed by atoms with E-state index in [1.807, 2.05) is 26.0 Å². The lowest BCUT2D eigenvalue weighted by molar-refractivity contribution is 0.306. The number of ether oxygens (including phenoxy) is 1. The van der Waals surface area contributed by atoms with Crippen LogP contribution in [0.4, 0.5) is 11.4 Å². The Kier molecular flexibility index (Phi) is 4.85. The summed E-state index contributed by atoms with van der Waals surface area (Å²) in [6, 6.07) is 11.1. The summed E-state index contributed by atoms with van der Waals surface area (Å²) < 4.78 is 30.6. The quantitative estimate of drug-likeness (QED) is 0.853. The van der Waals surface area contributed by atoms with Crippen molar-refractivity contribution in [2.45, 2.75) is 20.5 Å². The fourth-order valence-corrected chi connectivity index (χ4v) is 2.70. The monoisotopic (exact) mass is 334 g/mol. The third kappa shape index (κ3) is 4.16. The number of nitrogens with zero attached hydrogens (tertiary/aromatic N) is 1. The highest BCUT2D eigenvalue weighted by atomic mass is 32.2. The number of aryl methyl sites for hydroxylation is 2. The molecule has 0 radical (unpaired) electrons. The average Bonchev–Trinajstić information content (AvgIpc) is 2.46. The highest BCUT2D eigenvalue weighted by Gasteiger charge is 2.17. The summed E-state index contributed by atoms with van der Waals surface area (Å²) in [6.07, 6.45) is 1.15.